The summed E-state index contributed by atoms with van der Waals surface area (Å²) in [4.78, 5) is 20.8. The van der Waals surface area contributed by atoms with Crippen LogP contribution >= 0.6 is 8.25 Å². The molecule has 22 heavy (non-hydrogen) atoms. The lowest BCUT2D eigenvalue weighted by Crippen LogP contribution is -2.33. The van der Waals surface area contributed by atoms with E-state index in [0.717, 1.165) is 12.1 Å². The number of amides is 2. The molecule has 0 saturated heterocycles. The fourth-order valence-corrected chi connectivity index (χ4v) is 2.06. The van der Waals surface area contributed by atoms with E-state index in [9.17, 15) is 13.8 Å². The Balaban J connectivity index is 2.07. The number of carbonyl (C=O) groups excluding carboxylic acids is 1. The molecule has 2 aromatic carbocycles. The van der Waals surface area contributed by atoms with E-state index in [4.69, 9.17) is 9.42 Å². The number of rotatable bonds is 5. The number of anilines is 1. The van der Waals surface area contributed by atoms with Gasteiger partial charge in [-0.15, -0.1) is 4.89 Å². The molecule has 0 aliphatic rings. The highest BCUT2D eigenvalue weighted by molar-refractivity contribution is 7.32. The van der Waals surface area contributed by atoms with Crippen LogP contribution in [-0.4, -0.2) is 10.9 Å². The van der Waals surface area contributed by atoms with Crippen molar-refractivity contribution in [2.75, 3.05) is 5.32 Å². The monoisotopic (exact) mass is 323 g/mol. The van der Waals surface area contributed by atoms with Gasteiger partial charge in [-0.25, -0.2) is 9.18 Å². The van der Waals surface area contributed by atoms with Gasteiger partial charge in [0.25, 0.3) is 0 Å². The molecule has 2 aromatic rings. The third kappa shape index (κ3) is 4.89. The minimum Gasteiger partial charge on any atom is -0.308 e. The van der Waals surface area contributed by atoms with E-state index in [1.54, 1.807) is 30.3 Å². The van der Waals surface area contributed by atoms with Crippen molar-refractivity contribution in [1.29, 1.82) is 0 Å². The standard InChI is InChI=1S/C14H12FN2O4P/c15-11-8-6-10(7-9-11)13(21-22(19)20)17-14(18)16-12-4-2-1-3-5-12/h1-9,13H,(H2-,16,17,18,19,20)/p+1. The lowest BCUT2D eigenvalue weighted by atomic mass is 10.2. The van der Waals surface area contributed by atoms with Gasteiger partial charge in [0.05, 0.1) is 0 Å². The molecule has 0 aliphatic heterocycles. The van der Waals surface area contributed by atoms with Crippen LogP contribution < -0.4 is 10.6 Å². The number of hydrogen-bond acceptors (Lipinski definition) is 3. The molecule has 0 aliphatic carbocycles. The second-order valence-corrected chi connectivity index (χ2v) is 4.93. The Morgan fingerprint density at radius 1 is 1.14 bits per heavy atom. The molecule has 0 aromatic heterocycles. The van der Waals surface area contributed by atoms with Crippen molar-refractivity contribution < 1.29 is 23.2 Å². The van der Waals surface area contributed by atoms with Gasteiger partial charge in [-0.05, 0) is 24.3 Å². The summed E-state index contributed by atoms with van der Waals surface area (Å²) < 4.78 is 28.5. The molecule has 0 heterocycles. The van der Waals surface area contributed by atoms with Crippen LogP contribution in [-0.2, 0) is 9.09 Å². The van der Waals surface area contributed by atoms with Crippen molar-refractivity contribution >= 4 is 20.0 Å². The summed E-state index contributed by atoms with van der Waals surface area (Å²) >= 11 is 0. The maximum absolute atomic E-state index is 12.9. The van der Waals surface area contributed by atoms with Gasteiger partial charge < -0.3 is 10.6 Å². The zero-order chi connectivity index (χ0) is 15.9. The first kappa shape index (κ1) is 16.0. The molecule has 114 valence electrons. The summed E-state index contributed by atoms with van der Waals surface area (Å²) in [6.07, 6.45) is -1.18. The number of para-hydroxylation sites is 1. The molecule has 6 nitrogen and oxygen atoms in total. The third-order valence-corrected chi connectivity index (χ3v) is 3.05. The van der Waals surface area contributed by atoms with Gasteiger partial charge >= 0.3 is 14.3 Å². The molecule has 0 bridgehead atoms. The molecule has 2 unspecified atom stereocenters. The van der Waals surface area contributed by atoms with Crippen LogP contribution in [0.15, 0.2) is 54.6 Å². The Hall–Kier alpha value is -2.34. The molecule has 0 fully saturated rings. The Morgan fingerprint density at radius 2 is 1.77 bits per heavy atom. The van der Waals surface area contributed by atoms with Gasteiger partial charge in [0, 0.05) is 15.8 Å². The van der Waals surface area contributed by atoms with E-state index in [2.05, 4.69) is 10.6 Å². The van der Waals surface area contributed by atoms with Gasteiger partial charge in [-0.3, -0.25) is 0 Å². The second kappa shape index (κ2) is 7.61. The molecule has 3 N–H and O–H groups in total. The van der Waals surface area contributed by atoms with Crippen LogP contribution in [0.1, 0.15) is 11.8 Å². The van der Waals surface area contributed by atoms with E-state index in [1.165, 1.54) is 12.1 Å². The van der Waals surface area contributed by atoms with Crippen molar-refractivity contribution in [3.8, 4) is 0 Å². The van der Waals surface area contributed by atoms with Gasteiger partial charge in [-0.2, -0.15) is 0 Å². The fraction of sp³-hybridized carbons (Fsp3) is 0.0714. The summed E-state index contributed by atoms with van der Waals surface area (Å²) in [6, 6.07) is 13.0. The Kier molecular flexibility index (Phi) is 5.55. The molecular formula is C14H13FN2O4P+. The number of halogens is 1. The summed E-state index contributed by atoms with van der Waals surface area (Å²) in [6.45, 7) is 0. The minimum absolute atomic E-state index is 0.335. The van der Waals surface area contributed by atoms with Crippen LogP contribution in [0, 0.1) is 5.82 Å². The minimum atomic E-state index is -2.95. The smallest absolute Gasteiger partial charge is 0.308 e. The predicted octanol–water partition coefficient (Wildman–Crippen LogP) is 3.31. The van der Waals surface area contributed by atoms with Gasteiger partial charge in [0.2, 0.25) is 6.23 Å². The maximum Gasteiger partial charge on any atom is 0.697 e. The topological polar surface area (TPSA) is 87.7 Å². The summed E-state index contributed by atoms with van der Waals surface area (Å²) in [5, 5.41) is 4.94. The Bertz CT molecular complexity index is 652. The maximum atomic E-state index is 12.9. The first-order valence-corrected chi connectivity index (χ1v) is 7.38. The van der Waals surface area contributed by atoms with E-state index in [-0.39, 0.29) is 0 Å². The van der Waals surface area contributed by atoms with E-state index < -0.39 is 26.3 Å². The summed E-state index contributed by atoms with van der Waals surface area (Å²) in [5.74, 6) is -0.468. The highest BCUT2D eigenvalue weighted by atomic mass is 31.1. The van der Waals surface area contributed by atoms with E-state index >= 15 is 0 Å². The third-order valence-electron chi connectivity index (χ3n) is 2.66. The molecule has 0 spiro atoms. The molecule has 2 atom stereocenters. The number of carbonyl (C=O) groups is 1. The predicted molar refractivity (Wildman–Crippen MR) is 78.6 cm³/mol. The van der Waals surface area contributed by atoms with Crippen molar-refractivity contribution in [2.24, 2.45) is 0 Å². The molecule has 0 radical (unpaired) electrons. The van der Waals surface area contributed by atoms with Crippen molar-refractivity contribution in [2.45, 2.75) is 6.23 Å². The van der Waals surface area contributed by atoms with Crippen LogP contribution in [0.2, 0.25) is 0 Å². The fourth-order valence-electron chi connectivity index (χ4n) is 1.71. The normalized spacial score (nSPS) is 12.4. The lowest BCUT2D eigenvalue weighted by molar-refractivity contribution is 0.161. The zero-order valence-corrected chi connectivity index (χ0v) is 12.2. The van der Waals surface area contributed by atoms with E-state index in [1.807, 2.05) is 0 Å². The van der Waals surface area contributed by atoms with Crippen LogP contribution in [0.5, 0.6) is 0 Å². The van der Waals surface area contributed by atoms with Gasteiger partial charge in [0.1, 0.15) is 5.82 Å². The zero-order valence-electron chi connectivity index (χ0n) is 11.3. The molecule has 2 amide bonds. The van der Waals surface area contributed by atoms with Crippen LogP contribution in [0.25, 0.3) is 0 Å². The number of nitrogens with one attached hydrogen (secondary N) is 2. The molecule has 2 rings (SSSR count). The second-order valence-electron chi connectivity index (χ2n) is 4.24. The van der Waals surface area contributed by atoms with Crippen molar-refractivity contribution in [3.63, 3.8) is 0 Å². The highest BCUT2D eigenvalue weighted by Crippen LogP contribution is 2.27. The number of urea groups is 1. The van der Waals surface area contributed by atoms with Gasteiger partial charge in [0.15, 0.2) is 0 Å². The molecule has 8 heteroatoms. The van der Waals surface area contributed by atoms with Gasteiger partial charge in [-0.1, -0.05) is 34.9 Å². The van der Waals surface area contributed by atoms with Crippen molar-refractivity contribution in [3.05, 3.63) is 66.0 Å². The quantitative estimate of drug-likeness (QED) is 0.582. The first-order chi connectivity index (χ1) is 10.5. The summed E-state index contributed by atoms with van der Waals surface area (Å²) in [5.41, 5.74) is 0.883. The van der Waals surface area contributed by atoms with Crippen LogP contribution in [0.3, 0.4) is 0 Å². The SMILES string of the molecule is O=C(Nc1ccccc1)NC(O[P+](=O)O)c1ccc(F)cc1. The largest absolute Gasteiger partial charge is 0.697 e. The number of hydrogen-bond donors (Lipinski definition) is 3. The van der Waals surface area contributed by atoms with Crippen molar-refractivity contribution in [1.82, 2.24) is 5.32 Å². The average molecular weight is 323 g/mol. The summed E-state index contributed by atoms with van der Waals surface area (Å²) in [7, 11) is -2.95. The molecule has 0 saturated carbocycles. The van der Waals surface area contributed by atoms with E-state index in [0.29, 0.717) is 11.3 Å². The molecular weight excluding hydrogens is 310 g/mol. The average Bonchev–Trinajstić information content (AvgIpc) is 2.48. The van der Waals surface area contributed by atoms with Crippen LogP contribution in [0.4, 0.5) is 14.9 Å². The Morgan fingerprint density at radius 3 is 2.36 bits per heavy atom. The highest BCUT2D eigenvalue weighted by Gasteiger charge is 2.26. The Labute approximate surface area is 126 Å². The number of benzene rings is 2. The lowest BCUT2D eigenvalue weighted by Gasteiger charge is -2.14. The first-order valence-electron chi connectivity index (χ1n) is 6.25.